The van der Waals surface area contributed by atoms with E-state index in [9.17, 15) is 24.2 Å². The number of hydrogen-bond acceptors (Lipinski definition) is 5. The first kappa shape index (κ1) is 28.8. The number of hydrogen-bond donors (Lipinski definition) is 5. The van der Waals surface area contributed by atoms with E-state index in [1.165, 1.54) is 6.42 Å². The molecule has 1 aromatic rings. The molecule has 1 unspecified atom stereocenters. The summed E-state index contributed by atoms with van der Waals surface area (Å²) in [5, 5.41) is 19.0. The maximum Gasteiger partial charge on any atom is 0.243 e. The molecule has 3 rings (SSSR count). The number of carbonyl (C=O) groups excluding carboxylic acids is 2. The molecule has 0 aromatic heterocycles. The molecule has 0 radical (unpaired) electrons. The van der Waals surface area contributed by atoms with Crippen LogP contribution in [0.1, 0.15) is 50.5 Å². The van der Waals surface area contributed by atoms with Crippen molar-refractivity contribution >= 4 is 31.6 Å². The molecule has 5 N–H and O–H groups in total. The lowest BCUT2D eigenvalue weighted by molar-refractivity contribution is -0.130. The second-order valence-corrected chi connectivity index (χ2v) is 11.9. The molecule has 2 amide bonds. The van der Waals surface area contributed by atoms with Crippen LogP contribution in [0.25, 0.3) is 0 Å². The van der Waals surface area contributed by atoms with Crippen molar-refractivity contribution in [1.29, 1.82) is 0 Å². The van der Waals surface area contributed by atoms with Crippen molar-refractivity contribution in [3.8, 4) is 0 Å². The third kappa shape index (κ3) is 9.67. The van der Waals surface area contributed by atoms with Gasteiger partial charge in [0.25, 0.3) is 0 Å². The normalized spacial score (nSPS) is 22.1. The van der Waals surface area contributed by atoms with Crippen molar-refractivity contribution < 1.29 is 24.2 Å². The molecule has 4 atom stereocenters. The number of carbonyl (C=O) groups is 2. The van der Waals surface area contributed by atoms with Crippen molar-refractivity contribution in [2.24, 2.45) is 5.92 Å². The molecular weight excluding hydrogens is 477 g/mol. The van der Waals surface area contributed by atoms with Crippen LogP contribution in [-0.2, 0) is 20.6 Å². The molecule has 1 heterocycles. The van der Waals surface area contributed by atoms with E-state index in [-0.39, 0.29) is 49.1 Å². The van der Waals surface area contributed by atoms with E-state index in [1.54, 1.807) is 0 Å². The lowest BCUT2D eigenvalue weighted by Gasteiger charge is -2.25. The molecule has 2 aliphatic rings. The molecule has 0 spiro atoms. The van der Waals surface area contributed by atoms with Gasteiger partial charge in [-0.1, -0.05) is 49.6 Å². The van der Waals surface area contributed by atoms with Gasteiger partial charge in [-0.2, -0.15) is 0 Å². The molecule has 2 fully saturated rings. The van der Waals surface area contributed by atoms with Crippen LogP contribution in [0, 0.1) is 5.92 Å². The number of amides is 2. The van der Waals surface area contributed by atoms with E-state index >= 15 is 0 Å². The van der Waals surface area contributed by atoms with Crippen LogP contribution in [0.4, 0.5) is 0 Å². The van der Waals surface area contributed by atoms with Crippen LogP contribution in [0.5, 0.6) is 0 Å². The van der Waals surface area contributed by atoms with Gasteiger partial charge in [0.15, 0.2) is 0 Å². The molecule has 1 aliphatic carbocycles. The fraction of sp³-hybridized carbons (Fsp3) is 0.667. The van der Waals surface area contributed by atoms with Gasteiger partial charge in [0, 0.05) is 19.1 Å². The summed E-state index contributed by atoms with van der Waals surface area (Å²) in [6.45, 7) is 0.652. The molecule has 1 saturated carbocycles. The maximum absolute atomic E-state index is 12.9. The highest BCUT2D eigenvalue weighted by molar-refractivity contribution is 7.58. The topological polar surface area (TPSA) is 128 Å². The smallest absolute Gasteiger partial charge is 0.243 e. The van der Waals surface area contributed by atoms with Crippen LogP contribution in [0.3, 0.4) is 0 Å². The van der Waals surface area contributed by atoms with Crippen LogP contribution < -0.4 is 16.0 Å². The summed E-state index contributed by atoms with van der Waals surface area (Å²) in [5.74, 6) is -0.383. The predicted octanol–water partition coefficient (Wildman–Crippen LogP) is 2.22. The first-order valence-electron chi connectivity index (χ1n) is 12.2. The van der Waals surface area contributed by atoms with Crippen molar-refractivity contribution in [3.63, 3.8) is 0 Å². The highest BCUT2D eigenvalue weighted by Crippen LogP contribution is 2.45. The largest absolute Gasteiger partial charge is 0.391 e. The Labute approximate surface area is 208 Å². The van der Waals surface area contributed by atoms with E-state index in [0.29, 0.717) is 6.42 Å². The van der Waals surface area contributed by atoms with E-state index in [0.717, 1.165) is 50.6 Å². The number of aliphatic hydroxyl groups is 1. The average molecular weight is 516 g/mol. The number of nitrogens with one attached hydrogen (secondary N) is 3. The molecule has 1 aromatic carbocycles. The summed E-state index contributed by atoms with van der Waals surface area (Å²) in [4.78, 5) is 35.9. The van der Waals surface area contributed by atoms with Crippen LogP contribution in [0.15, 0.2) is 30.3 Å². The number of aliphatic hydroxyl groups excluding tert-OH is 1. The average Bonchev–Trinajstić information content (AvgIpc) is 3.33. The van der Waals surface area contributed by atoms with E-state index in [1.807, 2.05) is 30.3 Å². The first-order chi connectivity index (χ1) is 15.8. The minimum atomic E-state index is -3.47. The van der Waals surface area contributed by atoms with Gasteiger partial charge < -0.3 is 26.0 Å². The Balaban J connectivity index is 0.00000408. The number of halogens is 1. The summed E-state index contributed by atoms with van der Waals surface area (Å²) in [5.41, 5.74) is 0.908. The predicted molar refractivity (Wildman–Crippen MR) is 136 cm³/mol. The summed E-state index contributed by atoms with van der Waals surface area (Å²) < 4.78 is 12.6. The molecule has 1 aliphatic heterocycles. The van der Waals surface area contributed by atoms with Crippen molar-refractivity contribution in [2.75, 3.05) is 25.4 Å². The van der Waals surface area contributed by atoms with Gasteiger partial charge in [-0.15, -0.1) is 12.4 Å². The minimum Gasteiger partial charge on any atom is -0.391 e. The van der Waals surface area contributed by atoms with Crippen molar-refractivity contribution in [2.45, 2.75) is 69.6 Å². The fourth-order valence-electron chi connectivity index (χ4n) is 4.82. The van der Waals surface area contributed by atoms with E-state index in [4.69, 9.17) is 0 Å². The summed E-state index contributed by atoms with van der Waals surface area (Å²) >= 11 is 0. The Hall–Kier alpha value is -1.44. The Morgan fingerprint density at radius 3 is 2.44 bits per heavy atom. The fourth-order valence-corrected chi connectivity index (χ4v) is 6.93. The lowest BCUT2D eigenvalue weighted by atomic mass is 9.91. The van der Waals surface area contributed by atoms with Crippen LogP contribution in [0.2, 0.25) is 0 Å². The highest BCUT2D eigenvalue weighted by Gasteiger charge is 2.30. The molecule has 10 heteroatoms. The third-order valence-electron chi connectivity index (χ3n) is 6.57. The molecule has 1 saturated heterocycles. The quantitative estimate of drug-likeness (QED) is 0.287. The van der Waals surface area contributed by atoms with Gasteiger partial charge in [-0.05, 0) is 43.7 Å². The number of rotatable bonds is 11. The zero-order valence-corrected chi connectivity index (χ0v) is 21.4. The summed E-state index contributed by atoms with van der Waals surface area (Å²) in [6, 6.07) is 8.32. The molecule has 8 nitrogen and oxygen atoms in total. The van der Waals surface area contributed by atoms with Gasteiger partial charge in [0.2, 0.25) is 19.2 Å². The zero-order chi connectivity index (χ0) is 23.7. The van der Waals surface area contributed by atoms with Crippen LogP contribution >= 0.6 is 19.8 Å². The van der Waals surface area contributed by atoms with Crippen molar-refractivity contribution in [1.82, 2.24) is 16.0 Å². The Morgan fingerprint density at radius 2 is 1.79 bits per heavy atom. The SMILES string of the molecule is Cl.O=C(N[C@@H](Cc1ccccc1)C(=O)NC[C@H](O)CP(=O)(O)CC1CCCCC1)[C@@H]1CCCN1. The Morgan fingerprint density at radius 1 is 1.09 bits per heavy atom. The second-order valence-electron chi connectivity index (χ2n) is 9.51. The van der Waals surface area contributed by atoms with Crippen LogP contribution in [-0.4, -0.2) is 65.4 Å². The third-order valence-corrected chi connectivity index (χ3v) is 8.65. The Bertz CT molecular complexity index is 816. The maximum atomic E-state index is 12.9. The van der Waals surface area contributed by atoms with E-state index in [2.05, 4.69) is 16.0 Å². The summed E-state index contributed by atoms with van der Waals surface area (Å²) in [6.07, 6.45) is 6.16. The molecule has 192 valence electrons. The lowest BCUT2D eigenvalue weighted by Crippen LogP contribution is -2.53. The molecular formula is C24H39ClN3O5P. The van der Waals surface area contributed by atoms with Gasteiger partial charge in [-0.25, -0.2) is 0 Å². The van der Waals surface area contributed by atoms with Gasteiger partial charge in [0.05, 0.1) is 18.3 Å². The van der Waals surface area contributed by atoms with E-state index < -0.39 is 25.4 Å². The monoisotopic (exact) mass is 515 g/mol. The second kappa shape index (κ2) is 14.2. The first-order valence-corrected chi connectivity index (χ1v) is 14.2. The highest BCUT2D eigenvalue weighted by atomic mass is 35.5. The van der Waals surface area contributed by atoms with Gasteiger partial charge in [-0.3, -0.25) is 14.2 Å². The van der Waals surface area contributed by atoms with Gasteiger partial charge in [0.1, 0.15) is 6.04 Å². The molecule has 0 bridgehead atoms. The van der Waals surface area contributed by atoms with Gasteiger partial charge >= 0.3 is 0 Å². The summed E-state index contributed by atoms with van der Waals surface area (Å²) in [7, 11) is -3.47. The standard InChI is InChI=1S/C24H38N3O5P.ClH/c28-20(17-33(31,32)16-19-10-5-2-6-11-19)15-26-23(29)22(14-18-8-3-1-4-9-18)27-24(30)21-12-7-13-25-21;/h1,3-4,8-9,19-22,25,28H,2,5-7,10-17H2,(H,26,29)(H,27,30)(H,31,32);1H/t20-,21-,22-;/m0./s1. The number of benzene rings is 1. The van der Waals surface area contributed by atoms with Crippen molar-refractivity contribution in [3.05, 3.63) is 35.9 Å². The zero-order valence-electron chi connectivity index (χ0n) is 19.7. The molecule has 34 heavy (non-hydrogen) atoms. The minimum absolute atomic E-state index is 0. The Kier molecular flexibility index (Phi) is 12.0.